The molecule has 0 radical (unpaired) electrons. The average molecular weight is 750 g/mol. The van der Waals surface area contributed by atoms with Crippen LogP contribution in [0.2, 0.25) is 0 Å². The molecule has 0 aliphatic carbocycles. The molecule has 0 aliphatic heterocycles. The summed E-state index contributed by atoms with van der Waals surface area (Å²) in [4.78, 5) is 0. The second-order valence-corrected chi connectivity index (χ2v) is 13.1. The first-order chi connectivity index (χ1) is 37.8. The zero-order valence-electron chi connectivity index (χ0n) is 52.2. The normalized spacial score (nSPS) is 17.5. The van der Waals surface area contributed by atoms with Crippen molar-refractivity contribution >= 4 is 65.6 Å². The van der Waals surface area contributed by atoms with E-state index in [0.29, 0.717) is 5.69 Å². The van der Waals surface area contributed by atoms with Gasteiger partial charge in [0.15, 0.2) is 0 Å². The van der Waals surface area contributed by atoms with Crippen molar-refractivity contribution in [2.45, 2.75) is 0 Å². The van der Waals surface area contributed by atoms with Gasteiger partial charge in [-0.25, -0.2) is 0 Å². The summed E-state index contributed by atoms with van der Waals surface area (Å²) >= 11 is 0. The molecule has 0 amide bonds. The third-order valence-corrected chi connectivity index (χ3v) is 9.95. The molecular weight excluding hydrogens is 693 g/mol. The van der Waals surface area contributed by atoms with Crippen LogP contribution in [-0.2, 0) is 0 Å². The van der Waals surface area contributed by atoms with Crippen molar-refractivity contribution < 1.29 is 35.9 Å². The molecule has 3 heteroatoms. The summed E-state index contributed by atoms with van der Waals surface area (Å²) in [5.74, 6) is 0. The van der Waals surface area contributed by atoms with Gasteiger partial charge < -0.3 is 13.6 Å². The van der Waals surface area contributed by atoms with E-state index in [4.69, 9.17) is 22.2 Å². The molecule has 0 saturated heterocycles. The predicted molar refractivity (Wildman–Crippen MR) is 239 cm³/mol. The van der Waals surface area contributed by atoms with Crippen molar-refractivity contribution in [2.24, 2.45) is 0 Å². The summed E-state index contributed by atoms with van der Waals surface area (Å²) in [5.41, 5.74) is -2.12. The van der Waals surface area contributed by atoms with E-state index in [9.17, 15) is 13.7 Å². The fourth-order valence-electron chi connectivity index (χ4n) is 7.37. The molecule has 0 fully saturated rings. The van der Waals surface area contributed by atoms with Gasteiger partial charge >= 0.3 is 0 Å². The van der Waals surface area contributed by atoms with Gasteiger partial charge in [-0.2, -0.15) is 0 Å². The van der Waals surface area contributed by atoms with Crippen LogP contribution in [0, 0.1) is 0 Å². The number of fused-ring (bicyclic) bond motifs is 9. The summed E-state index contributed by atoms with van der Waals surface area (Å²) in [7, 11) is 0. The number of hydrogen-bond donors (Lipinski definition) is 0. The smallest absolute Gasteiger partial charge is 0.135 e. The standard InChI is InChI=1S/C54H34N2O/c1-3-11-35(12-4-1)37-19-24-41(25-20-37)55-49-17-9-7-15-43(49)45-27-21-40(33-52(45)55)39-22-28-51-46(31-39)44-16-8-10-18-50(44)56(51)42-26-30-54-48(34-42)47-32-38(23-29-53(47)57-54)36-13-5-2-6-14-36/h1-34H/i2D,5D,6D,7D,8D,9D,10D,13D,14D,15D,16D,17D,18D,21D,22D,23D,26D,27D,29D,30D,31D,32D,33D. The van der Waals surface area contributed by atoms with Crippen molar-refractivity contribution in [2.75, 3.05) is 0 Å². The highest BCUT2D eigenvalue weighted by atomic mass is 16.3. The Morgan fingerprint density at radius 2 is 0.930 bits per heavy atom. The van der Waals surface area contributed by atoms with E-state index in [0.717, 1.165) is 21.8 Å². The van der Waals surface area contributed by atoms with Crippen LogP contribution < -0.4 is 0 Å². The Labute approximate surface area is 361 Å². The number of benzene rings is 9. The Kier molecular flexibility index (Phi) is 3.63. The summed E-state index contributed by atoms with van der Waals surface area (Å²) in [6, 6.07) is 2.88. The Hall–Kier alpha value is -7.62. The second-order valence-electron chi connectivity index (χ2n) is 13.1. The summed E-state index contributed by atoms with van der Waals surface area (Å²) in [6.07, 6.45) is 0. The van der Waals surface area contributed by atoms with Crippen LogP contribution >= 0.6 is 0 Å². The molecule has 0 atom stereocenters. The zero-order valence-corrected chi connectivity index (χ0v) is 29.2. The molecule has 0 bridgehead atoms. The molecular formula is C54H34N2O. The van der Waals surface area contributed by atoms with E-state index in [1.54, 1.807) is 24.3 Å². The van der Waals surface area contributed by atoms with Crippen LogP contribution in [-0.4, -0.2) is 9.13 Å². The van der Waals surface area contributed by atoms with Gasteiger partial charge in [0.2, 0.25) is 0 Å². The minimum atomic E-state index is -0.774. The lowest BCUT2D eigenvalue weighted by Gasteiger charge is -2.11. The molecule has 3 heterocycles. The highest BCUT2D eigenvalue weighted by molar-refractivity contribution is 6.13. The molecule has 0 saturated carbocycles. The van der Waals surface area contributed by atoms with Crippen LogP contribution in [0.25, 0.3) is 110 Å². The molecule has 266 valence electrons. The van der Waals surface area contributed by atoms with E-state index >= 15 is 0 Å². The minimum absolute atomic E-state index is 0.118. The molecule has 3 aromatic heterocycles. The molecule has 9 aromatic carbocycles. The molecule has 12 aromatic rings. The predicted octanol–water partition coefficient (Wildman–Crippen LogP) is 14.8. The van der Waals surface area contributed by atoms with Gasteiger partial charge in [-0.15, -0.1) is 0 Å². The molecule has 0 unspecified atom stereocenters. The van der Waals surface area contributed by atoms with Crippen LogP contribution in [0.3, 0.4) is 0 Å². The first kappa shape index (κ1) is 16.6. The summed E-state index contributed by atoms with van der Waals surface area (Å²) in [6.45, 7) is 0. The Morgan fingerprint density at radius 3 is 1.74 bits per heavy atom. The summed E-state index contributed by atoms with van der Waals surface area (Å²) in [5, 5.41) is -1.43. The van der Waals surface area contributed by atoms with Crippen molar-refractivity contribution in [3.05, 3.63) is 206 Å². The third kappa shape index (κ3) is 4.99. The quantitative estimate of drug-likeness (QED) is 0.172. The Morgan fingerprint density at radius 1 is 0.333 bits per heavy atom. The van der Waals surface area contributed by atoms with Crippen molar-refractivity contribution in [3.8, 4) is 44.8 Å². The van der Waals surface area contributed by atoms with Crippen LogP contribution in [0.5, 0.6) is 0 Å². The number of para-hydroxylation sites is 2. The second kappa shape index (κ2) is 12.5. The van der Waals surface area contributed by atoms with E-state index in [-0.39, 0.29) is 65.7 Å². The fourth-order valence-corrected chi connectivity index (χ4v) is 7.37. The Bertz CT molecular complexity index is 4820. The Balaban J connectivity index is 1.18. The van der Waals surface area contributed by atoms with Gasteiger partial charge in [0.1, 0.15) is 11.2 Å². The fraction of sp³-hybridized carbons (Fsp3) is 0. The SMILES string of the molecule is [2H]c1cc2c(c([2H])c1-c1c([2H])c([2H])c3c4c([2H])c([2H])c([2H])c([2H])c4n(-c4ccc(-c5ccccc5)cc4)c3c1[2H])c1c([2H])c([2H])c([2H])c([2H])c1n2-c1cc2c(oc3c([2H])c([2H])c(-c4c([2H])c([2H])c([2H])c([2H])c4[2H])c([2H])c32)c([2H])c1[2H]. The monoisotopic (exact) mass is 749 g/mol. The van der Waals surface area contributed by atoms with Crippen molar-refractivity contribution in [1.82, 2.24) is 9.13 Å². The van der Waals surface area contributed by atoms with Gasteiger partial charge in [-0.1, -0.05) is 133 Å². The molecule has 0 spiro atoms. The van der Waals surface area contributed by atoms with Gasteiger partial charge in [-0.3, -0.25) is 0 Å². The van der Waals surface area contributed by atoms with Crippen LogP contribution in [0.15, 0.2) is 210 Å². The van der Waals surface area contributed by atoms with E-state index in [1.807, 2.05) is 30.3 Å². The van der Waals surface area contributed by atoms with E-state index in [1.165, 1.54) is 10.6 Å². The first-order valence-electron chi connectivity index (χ1n) is 29.1. The molecule has 0 aliphatic rings. The molecule has 57 heavy (non-hydrogen) atoms. The molecule has 0 N–H and O–H groups in total. The summed E-state index contributed by atoms with van der Waals surface area (Å²) < 4.78 is 217. The van der Waals surface area contributed by atoms with Gasteiger partial charge in [0.25, 0.3) is 0 Å². The van der Waals surface area contributed by atoms with E-state index < -0.39 is 167 Å². The number of hydrogen-bond acceptors (Lipinski definition) is 1. The molecule has 3 nitrogen and oxygen atoms in total. The highest BCUT2D eigenvalue weighted by Crippen LogP contribution is 2.40. The minimum Gasteiger partial charge on any atom is -0.456 e. The van der Waals surface area contributed by atoms with Gasteiger partial charge in [0.05, 0.1) is 53.6 Å². The van der Waals surface area contributed by atoms with Crippen molar-refractivity contribution in [3.63, 3.8) is 0 Å². The molecule has 12 rings (SSSR count). The zero-order chi connectivity index (χ0) is 57.5. The largest absolute Gasteiger partial charge is 0.456 e. The van der Waals surface area contributed by atoms with Gasteiger partial charge in [-0.05, 0) is 106 Å². The lowest BCUT2D eigenvalue weighted by molar-refractivity contribution is 0.669. The number of aromatic nitrogens is 2. The van der Waals surface area contributed by atoms with Crippen LogP contribution in [0.1, 0.15) is 31.5 Å². The average Bonchev–Trinajstić information content (AvgIpc) is 4.18. The van der Waals surface area contributed by atoms with E-state index in [2.05, 4.69) is 0 Å². The lowest BCUT2D eigenvalue weighted by atomic mass is 10.0. The van der Waals surface area contributed by atoms with Crippen molar-refractivity contribution in [1.29, 1.82) is 0 Å². The lowest BCUT2D eigenvalue weighted by Crippen LogP contribution is -1.94. The number of rotatable bonds is 5. The maximum Gasteiger partial charge on any atom is 0.135 e. The van der Waals surface area contributed by atoms with Gasteiger partial charge in [0, 0.05) is 43.7 Å². The maximum atomic E-state index is 10.00. The number of furan rings is 1. The van der Waals surface area contributed by atoms with Crippen LogP contribution in [0.4, 0.5) is 0 Å². The third-order valence-electron chi connectivity index (χ3n) is 9.95. The first-order valence-corrected chi connectivity index (χ1v) is 17.6. The number of nitrogens with zero attached hydrogens (tertiary/aromatic N) is 2. The highest BCUT2D eigenvalue weighted by Gasteiger charge is 2.18. The topological polar surface area (TPSA) is 23.0 Å². The maximum absolute atomic E-state index is 10.00.